The number of nitrogens with zero attached hydrogens (tertiary/aromatic N) is 3. The molecular formula is C20H18ClN5O. The van der Waals surface area contributed by atoms with Crippen molar-refractivity contribution < 1.29 is 4.79 Å². The van der Waals surface area contributed by atoms with E-state index < -0.39 is 0 Å². The molecule has 0 spiro atoms. The van der Waals surface area contributed by atoms with Crippen LogP contribution in [0.4, 0.5) is 11.6 Å². The van der Waals surface area contributed by atoms with Crippen LogP contribution in [0.1, 0.15) is 27.3 Å². The molecule has 3 rings (SSSR count). The Kier molecular flexibility index (Phi) is 5.78. The number of halogens is 1. The first-order valence-electron chi connectivity index (χ1n) is 8.28. The van der Waals surface area contributed by atoms with Gasteiger partial charge in [0, 0.05) is 27.7 Å². The summed E-state index contributed by atoms with van der Waals surface area (Å²) in [6.07, 6.45) is 1.64. The molecule has 136 valence electrons. The summed E-state index contributed by atoms with van der Waals surface area (Å²) < 4.78 is 0. The highest BCUT2D eigenvalue weighted by Gasteiger charge is 2.06. The van der Waals surface area contributed by atoms with Gasteiger partial charge in [0.1, 0.15) is 0 Å². The van der Waals surface area contributed by atoms with Crippen LogP contribution in [0.2, 0.25) is 5.02 Å². The van der Waals surface area contributed by atoms with E-state index in [0.29, 0.717) is 22.2 Å². The molecule has 0 bridgehead atoms. The number of anilines is 2. The third kappa shape index (κ3) is 5.36. The van der Waals surface area contributed by atoms with Crippen molar-refractivity contribution in [3.8, 4) is 0 Å². The number of carbonyl (C=O) groups is 1. The molecule has 1 aromatic heterocycles. The Morgan fingerprint density at radius 3 is 2.44 bits per heavy atom. The Hall–Kier alpha value is -3.25. The number of hydrogen-bond acceptors (Lipinski definition) is 5. The van der Waals surface area contributed by atoms with Crippen LogP contribution in [-0.2, 0) is 0 Å². The molecule has 1 heterocycles. The number of aromatic nitrogens is 2. The topological polar surface area (TPSA) is 79.3 Å². The van der Waals surface area contributed by atoms with E-state index in [2.05, 4.69) is 25.8 Å². The van der Waals surface area contributed by atoms with Gasteiger partial charge >= 0.3 is 0 Å². The van der Waals surface area contributed by atoms with Gasteiger partial charge in [-0.2, -0.15) is 5.10 Å². The highest BCUT2D eigenvalue weighted by atomic mass is 35.5. The zero-order chi connectivity index (χ0) is 19.2. The number of nitrogens with one attached hydrogen (secondary N) is 2. The van der Waals surface area contributed by atoms with Crippen LogP contribution in [0.15, 0.2) is 59.7 Å². The highest BCUT2D eigenvalue weighted by molar-refractivity contribution is 6.30. The summed E-state index contributed by atoms with van der Waals surface area (Å²) in [6.45, 7) is 3.80. The number of hydrazone groups is 1. The molecule has 3 aromatic rings. The van der Waals surface area contributed by atoms with E-state index in [4.69, 9.17) is 11.6 Å². The predicted octanol–water partition coefficient (Wildman–Crippen LogP) is 4.45. The summed E-state index contributed by atoms with van der Waals surface area (Å²) in [5.74, 6) is 0.235. The van der Waals surface area contributed by atoms with Crippen LogP contribution in [0.3, 0.4) is 0 Å². The Bertz CT molecular complexity index is 966. The molecule has 2 aromatic carbocycles. The van der Waals surface area contributed by atoms with Gasteiger partial charge < -0.3 is 5.32 Å². The van der Waals surface area contributed by atoms with E-state index in [1.54, 1.807) is 30.5 Å². The van der Waals surface area contributed by atoms with Crippen molar-refractivity contribution in [2.45, 2.75) is 13.8 Å². The van der Waals surface area contributed by atoms with Crippen LogP contribution < -0.4 is 10.7 Å². The molecule has 0 saturated heterocycles. The monoisotopic (exact) mass is 379 g/mol. The first-order chi connectivity index (χ1) is 13.0. The smallest absolute Gasteiger partial charge is 0.255 e. The maximum Gasteiger partial charge on any atom is 0.255 e. The van der Waals surface area contributed by atoms with Gasteiger partial charge in [-0.25, -0.2) is 15.4 Å². The number of amides is 1. The molecule has 0 fully saturated rings. The van der Waals surface area contributed by atoms with Crippen molar-refractivity contribution >= 4 is 35.4 Å². The number of rotatable bonds is 5. The van der Waals surface area contributed by atoms with Crippen molar-refractivity contribution in [2.24, 2.45) is 5.10 Å². The lowest BCUT2D eigenvalue weighted by molar-refractivity contribution is 0.102. The molecule has 0 atom stereocenters. The molecule has 0 aliphatic heterocycles. The lowest BCUT2D eigenvalue weighted by Crippen LogP contribution is -2.11. The summed E-state index contributed by atoms with van der Waals surface area (Å²) >= 11 is 5.85. The largest absolute Gasteiger partial charge is 0.322 e. The number of benzene rings is 2. The maximum absolute atomic E-state index is 12.3. The Labute approximate surface area is 162 Å². The van der Waals surface area contributed by atoms with Gasteiger partial charge in [-0.05, 0) is 61.9 Å². The molecule has 7 heteroatoms. The van der Waals surface area contributed by atoms with Crippen LogP contribution in [0.5, 0.6) is 0 Å². The van der Waals surface area contributed by atoms with E-state index >= 15 is 0 Å². The second-order valence-electron chi connectivity index (χ2n) is 5.93. The van der Waals surface area contributed by atoms with Crippen LogP contribution in [0.25, 0.3) is 0 Å². The van der Waals surface area contributed by atoms with E-state index in [1.165, 1.54) is 0 Å². The minimum Gasteiger partial charge on any atom is -0.322 e. The molecule has 0 unspecified atom stereocenters. The lowest BCUT2D eigenvalue weighted by Gasteiger charge is -2.06. The normalized spacial score (nSPS) is 10.8. The fourth-order valence-corrected chi connectivity index (χ4v) is 2.57. The molecule has 27 heavy (non-hydrogen) atoms. The molecule has 0 aliphatic rings. The molecule has 0 aliphatic carbocycles. The second kappa shape index (κ2) is 8.42. The van der Waals surface area contributed by atoms with Crippen molar-refractivity contribution in [3.63, 3.8) is 0 Å². The van der Waals surface area contributed by atoms with Crippen molar-refractivity contribution in [2.75, 3.05) is 10.7 Å². The van der Waals surface area contributed by atoms with E-state index in [9.17, 15) is 4.79 Å². The van der Waals surface area contributed by atoms with Gasteiger partial charge in [0.2, 0.25) is 5.95 Å². The summed E-state index contributed by atoms with van der Waals surface area (Å²) in [4.78, 5) is 20.8. The zero-order valence-electron chi connectivity index (χ0n) is 14.9. The number of carbonyl (C=O) groups excluding carboxylic acids is 1. The first-order valence-corrected chi connectivity index (χ1v) is 8.66. The van der Waals surface area contributed by atoms with E-state index in [1.807, 2.05) is 44.2 Å². The van der Waals surface area contributed by atoms with Crippen LogP contribution in [-0.4, -0.2) is 22.1 Å². The molecule has 6 nitrogen and oxygen atoms in total. The van der Waals surface area contributed by atoms with Gasteiger partial charge in [-0.15, -0.1) is 0 Å². The SMILES string of the molecule is Cc1cc(C)nc(NN=Cc2cccc(NC(=O)c3ccc(Cl)cc3)c2)n1. The van der Waals surface area contributed by atoms with Gasteiger partial charge in [-0.3, -0.25) is 4.79 Å². The van der Waals surface area contributed by atoms with E-state index in [-0.39, 0.29) is 5.91 Å². The van der Waals surface area contributed by atoms with Gasteiger partial charge in [0.25, 0.3) is 5.91 Å². The van der Waals surface area contributed by atoms with Gasteiger partial charge in [0.15, 0.2) is 0 Å². The van der Waals surface area contributed by atoms with E-state index in [0.717, 1.165) is 17.0 Å². The van der Waals surface area contributed by atoms with Crippen molar-refractivity contribution in [1.82, 2.24) is 9.97 Å². The van der Waals surface area contributed by atoms with Gasteiger partial charge in [-0.1, -0.05) is 23.7 Å². The fourth-order valence-electron chi connectivity index (χ4n) is 2.44. The van der Waals surface area contributed by atoms with Crippen LogP contribution >= 0.6 is 11.6 Å². The van der Waals surface area contributed by atoms with Crippen LogP contribution in [0, 0.1) is 13.8 Å². The standard InChI is InChI=1S/C20H18ClN5O/c1-13-10-14(2)24-20(23-13)26-22-12-15-4-3-5-18(11-15)25-19(27)16-6-8-17(21)9-7-16/h3-12H,1-2H3,(H,25,27)(H,23,24,26). The summed E-state index contributed by atoms with van der Waals surface area (Å²) in [5.41, 5.74) is 6.57. The second-order valence-corrected chi connectivity index (χ2v) is 6.37. The van der Waals surface area contributed by atoms with Crippen molar-refractivity contribution in [3.05, 3.63) is 82.1 Å². The molecule has 0 saturated carbocycles. The van der Waals surface area contributed by atoms with Crippen molar-refractivity contribution in [1.29, 1.82) is 0 Å². The fraction of sp³-hybridized carbons (Fsp3) is 0.100. The summed E-state index contributed by atoms with van der Waals surface area (Å²) in [7, 11) is 0. The average molecular weight is 380 g/mol. The molecular weight excluding hydrogens is 362 g/mol. The Morgan fingerprint density at radius 1 is 1.04 bits per heavy atom. The minimum atomic E-state index is -0.206. The quantitative estimate of drug-likeness (QED) is 0.507. The molecule has 1 amide bonds. The minimum absolute atomic E-state index is 0.206. The predicted molar refractivity (Wildman–Crippen MR) is 109 cm³/mol. The number of aryl methyl sites for hydroxylation is 2. The van der Waals surface area contributed by atoms with Gasteiger partial charge in [0.05, 0.1) is 6.21 Å². The first kappa shape index (κ1) is 18.5. The maximum atomic E-state index is 12.3. The Morgan fingerprint density at radius 2 is 1.74 bits per heavy atom. The zero-order valence-corrected chi connectivity index (χ0v) is 15.7. The molecule has 2 N–H and O–H groups in total. The third-order valence-corrected chi connectivity index (χ3v) is 3.86. The number of hydrogen-bond donors (Lipinski definition) is 2. The average Bonchev–Trinajstić information content (AvgIpc) is 2.62. The summed E-state index contributed by atoms with van der Waals surface area (Å²) in [6, 6.07) is 16.0. The summed E-state index contributed by atoms with van der Waals surface area (Å²) in [5, 5.41) is 7.60. The lowest BCUT2D eigenvalue weighted by atomic mass is 10.2. The molecule has 0 radical (unpaired) electrons. The Balaban J connectivity index is 1.66. The highest BCUT2D eigenvalue weighted by Crippen LogP contribution is 2.14. The third-order valence-electron chi connectivity index (χ3n) is 3.61.